The molecule has 0 heterocycles. The predicted molar refractivity (Wildman–Crippen MR) is 52.8 cm³/mol. The minimum atomic E-state index is 0.594. The Labute approximate surface area is 71.7 Å². The van der Waals surface area contributed by atoms with Crippen LogP contribution in [0.3, 0.4) is 0 Å². The monoisotopic (exact) mass is 166 g/mol. The average Bonchev–Trinajstić information content (AvgIpc) is 2.07. The van der Waals surface area contributed by atoms with E-state index in [2.05, 4.69) is 5.32 Å². The van der Waals surface area contributed by atoms with Crippen LogP contribution in [0.5, 0.6) is 0 Å². The highest BCUT2D eigenvalue weighted by molar-refractivity contribution is 5.69. The third kappa shape index (κ3) is 2.03. The Morgan fingerprint density at radius 2 is 1.92 bits per heavy atom. The number of nitrogen functional groups attached to an aromatic ring is 2. The van der Waals surface area contributed by atoms with Crippen molar-refractivity contribution in [3.8, 4) is 0 Å². The van der Waals surface area contributed by atoms with Crippen molar-refractivity contribution in [2.75, 3.05) is 29.9 Å². The van der Waals surface area contributed by atoms with Crippen LogP contribution in [0.1, 0.15) is 0 Å². The van der Waals surface area contributed by atoms with Crippen molar-refractivity contribution >= 4 is 17.1 Å². The molecule has 0 saturated heterocycles. The minimum absolute atomic E-state index is 0.594. The van der Waals surface area contributed by atoms with E-state index in [1.54, 1.807) is 12.1 Å². The quantitative estimate of drug-likeness (QED) is 0.483. The van der Waals surface area contributed by atoms with Gasteiger partial charge in [-0.3, -0.25) is 0 Å². The molecular formula is C8H14N4. The Morgan fingerprint density at radius 3 is 2.50 bits per heavy atom. The zero-order valence-corrected chi connectivity index (χ0v) is 6.88. The first kappa shape index (κ1) is 8.67. The molecule has 0 aliphatic heterocycles. The molecule has 0 spiro atoms. The summed E-state index contributed by atoms with van der Waals surface area (Å²) in [5, 5.41) is 3.10. The summed E-state index contributed by atoms with van der Waals surface area (Å²) < 4.78 is 0. The van der Waals surface area contributed by atoms with Gasteiger partial charge in [0.15, 0.2) is 0 Å². The average molecular weight is 166 g/mol. The second kappa shape index (κ2) is 3.82. The van der Waals surface area contributed by atoms with Crippen LogP contribution in [0.2, 0.25) is 0 Å². The summed E-state index contributed by atoms with van der Waals surface area (Å²) in [6.45, 7) is 1.34. The Balaban J connectivity index is 2.69. The van der Waals surface area contributed by atoms with Crippen LogP contribution in [0.4, 0.5) is 17.1 Å². The molecule has 0 aliphatic carbocycles. The standard InChI is InChI=1S/C8H14N4/c9-3-4-12-6-1-2-7(10)8(11)5-6/h1-2,5,12H,3-4,9-11H2. The van der Waals surface area contributed by atoms with Gasteiger partial charge in [0.05, 0.1) is 11.4 Å². The van der Waals surface area contributed by atoms with Gasteiger partial charge in [-0.1, -0.05) is 0 Å². The SMILES string of the molecule is NCCNc1ccc(N)c(N)c1. The van der Waals surface area contributed by atoms with Gasteiger partial charge in [-0.2, -0.15) is 0 Å². The molecule has 1 aromatic carbocycles. The summed E-state index contributed by atoms with van der Waals surface area (Å²) in [5.41, 5.74) is 18.6. The molecule has 0 fully saturated rings. The summed E-state index contributed by atoms with van der Waals surface area (Å²) in [6.07, 6.45) is 0. The van der Waals surface area contributed by atoms with E-state index in [4.69, 9.17) is 17.2 Å². The van der Waals surface area contributed by atoms with Crippen molar-refractivity contribution in [3.63, 3.8) is 0 Å². The van der Waals surface area contributed by atoms with Crippen molar-refractivity contribution in [1.82, 2.24) is 0 Å². The minimum Gasteiger partial charge on any atom is -0.397 e. The lowest BCUT2D eigenvalue weighted by molar-refractivity contribution is 1.02. The van der Waals surface area contributed by atoms with E-state index < -0.39 is 0 Å². The molecule has 0 unspecified atom stereocenters. The van der Waals surface area contributed by atoms with E-state index in [9.17, 15) is 0 Å². The van der Waals surface area contributed by atoms with E-state index in [1.807, 2.05) is 6.07 Å². The van der Waals surface area contributed by atoms with Gasteiger partial charge < -0.3 is 22.5 Å². The normalized spacial score (nSPS) is 9.75. The van der Waals surface area contributed by atoms with E-state index in [0.29, 0.717) is 17.9 Å². The zero-order valence-electron chi connectivity index (χ0n) is 6.88. The highest BCUT2D eigenvalue weighted by Crippen LogP contribution is 2.18. The topological polar surface area (TPSA) is 90.1 Å². The van der Waals surface area contributed by atoms with Gasteiger partial charge in [-0.25, -0.2) is 0 Å². The zero-order chi connectivity index (χ0) is 8.97. The van der Waals surface area contributed by atoms with Gasteiger partial charge in [0, 0.05) is 18.8 Å². The van der Waals surface area contributed by atoms with Crippen LogP contribution in [0.15, 0.2) is 18.2 Å². The van der Waals surface area contributed by atoms with Crippen LogP contribution < -0.4 is 22.5 Å². The number of hydrogen-bond donors (Lipinski definition) is 4. The van der Waals surface area contributed by atoms with Crippen LogP contribution in [0.25, 0.3) is 0 Å². The van der Waals surface area contributed by atoms with Crippen LogP contribution in [-0.2, 0) is 0 Å². The molecule has 4 heteroatoms. The van der Waals surface area contributed by atoms with Gasteiger partial charge in [0.1, 0.15) is 0 Å². The largest absolute Gasteiger partial charge is 0.397 e. The molecule has 0 amide bonds. The first-order valence-corrected chi connectivity index (χ1v) is 3.83. The van der Waals surface area contributed by atoms with Gasteiger partial charge in [0.25, 0.3) is 0 Å². The predicted octanol–water partition coefficient (Wildman–Crippen LogP) is 0.222. The van der Waals surface area contributed by atoms with Crippen LogP contribution >= 0.6 is 0 Å². The fourth-order valence-corrected chi connectivity index (χ4v) is 0.901. The first-order chi connectivity index (χ1) is 5.74. The van der Waals surface area contributed by atoms with Gasteiger partial charge in [0.2, 0.25) is 0 Å². The summed E-state index contributed by atoms with van der Waals surface area (Å²) in [6, 6.07) is 5.44. The summed E-state index contributed by atoms with van der Waals surface area (Å²) >= 11 is 0. The number of nitrogens with one attached hydrogen (secondary N) is 1. The maximum absolute atomic E-state index is 5.60. The summed E-state index contributed by atoms with van der Waals surface area (Å²) in [7, 11) is 0. The van der Waals surface area contributed by atoms with Crippen molar-refractivity contribution in [1.29, 1.82) is 0 Å². The molecule has 4 nitrogen and oxygen atoms in total. The van der Waals surface area contributed by atoms with E-state index >= 15 is 0 Å². The van der Waals surface area contributed by atoms with Crippen LogP contribution in [0, 0.1) is 0 Å². The first-order valence-electron chi connectivity index (χ1n) is 3.83. The molecule has 0 bridgehead atoms. The van der Waals surface area contributed by atoms with Crippen molar-refractivity contribution in [3.05, 3.63) is 18.2 Å². The maximum Gasteiger partial charge on any atom is 0.0568 e. The van der Waals surface area contributed by atoms with Crippen molar-refractivity contribution in [2.45, 2.75) is 0 Å². The molecule has 66 valence electrons. The molecule has 1 rings (SSSR count). The molecule has 0 aromatic heterocycles. The van der Waals surface area contributed by atoms with Crippen molar-refractivity contribution in [2.24, 2.45) is 5.73 Å². The fourth-order valence-electron chi connectivity index (χ4n) is 0.901. The highest BCUT2D eigenvalue weighted by Gasteiger charge is 1.95. The highest BCUT2D eigenvalue weighted by atomic mass is 14.9. The third-order valence-corrected chi connectivity index (χ3v) is 1.56. The van der Waals surface area contributed by atoms with Crippen molar-refractivity contribution < 1.29 is 0 Å². The molecule has 1 aromatic rings. The number of anilines is 3. The molecule has 7 N–H and O–H groups in total. The number of hydrogen-bond acceptors (Lipinski definition) is 4. The Morgan fingerprint density at radius 1 is 1.17 bits per heavy atom. The van der Waals surface area contributed by atoms with Gasteiger partial charge in [-0.05, 0) is 18.2 Å². The lowest BCUT2D eigenvalue weighted by atomic mass is 10.2. The lowest BCUT2D eigenvalue weighted by Gasteiger charge is -2.06. The van der Waals surface area contributed by atoms with E-state index in [-0.39, 0.29) is 0 Å². The molecule has 0 saturated carbocycles. The molecular weight excluding hydrogens is 152 g/mol. The van der Waals surface area contributed by atoms with Crippen LogP contribution in [-0.4, -0.2) is 13.1 Å². The molecule has 0 aliphatic rings. The lowest BCUT2D eigenvalue weighted by Crippen LogP contribution is -2.13. The Bertz CT molecular complexity index is 259. The second-order valence-corrected chi connectivity index (χ2v) is 2.56. The molecule has 12 heavy (non-hydrogen) atoms. The smallest absolute Gasteiger partial charge is 0.0568 e. The molecule has 0 radical (unpaired) electrons. The fraction of sp³-hybridized carbons (Fsp3) is 0.250. The molecule has 0 atom stereocenters. The van der Waals surface area contributed by atoms with E-state index in [0.717, 1.165) is 12.2 Å². The van der Waals surface area contributed by atoms with Gasteiger partial charge >= 0.3 is 0 Å². The number of rotatable bonds is 3. The second-order valence-electron chi connectivity index (χ2n) is 2.56. The summed E-state index contributed by atoms with van der Waals surface area (Å²) in [5.74, 6) is 0. The summed E-state index contributed by atoms with van der Waals surface area (Å²) in [4.78, 5) is 0. The van der Waals surface area contributed by atoms with Gasteiger partial charge in [-0.15, -0.1) is 0 Å². The Kier molecular flexibility index (Phi) is 2.76. The maximum atomic E-state index is 5.60. The Hall–Kier alpha value is -1.42. The number of nitrogens with two attached hydrogens (primary N) is 3. The van der Waals surface area contributed by atoms with E-state index in [1.165, 1.54) is 0 Å². The third-order valence-electron chi connectivity index (χ3n) is 1.56. The number of benzene rings is 1.